The highest BCUT2D eigenvalue weighted by atomic mass is 32.1. The van der Waals surface area contributed by atoms with Crippen molar-refractivity contribution in [3.05, 3.63) is 41.0 Å². The fraction of sp³-hybridized carbons (Fsp3) is 0.278. The van der Waals surface area contributed by atoms with Gasteiger partial charge in [-0.05, 0) is 42.9 Å². The average molecular weight is 336 g/mol. The van der Waals surface area contributed by atoms with Crippen molar-refractivity contribution >= 4 is 27.2 Å². The van der Waals surface area contributed by atoms with Gasteiger partial charge in [0.2, 0.25) is 0 Å². The molecule has 0 saturated carbocycles. The first-order valence-electron chi connectivity index (χ1n) is 8.14. The van der Waals surface area contributed by atoms with Gasteiger partial charge in [-0.25, -0.2) is 4.98 Å². The summed E-state index contributed by atoms with van der Waals surface area (Å²) >= 11 is 1.78. The molecule has 0 spiro atoms. The van der Waals surface area contributed by atoms with Gasteiger partial charge in [0.05, 0.1) is 10.9 Å². The molecule has 3 aromatic heterocycles. The highest BCUT2D eigenvalue weighted by Gasteiger charge is 2.24. The van der Waals surface area contributed by atoms with Crippen LogP contribution in [-0.4, -0.2) is 24.7 Å². The minimum absolute atomic E-state index is 0.202. The smallest absolute Gasteiger partial charge is 0.173 e. The average Bonchev–Trinajstić information content (AvgIpc) is 3.15. The minimum atomic E-state index is 0.202. The second-order valence-corrected chi connectivity index (χ2v) is 7.59. The number of para-hydroxylation sites is 1. The topological polar surface area (TPSA) is 63.3 Å². The molecular formula is C18H16N4OS. The maximum absolute atomic E-state index is 10.1. The van der Waals surface area contributed by atoms with E-state index in [0.717, 1.165) is 34.6 Å². The second-order valence-electron chi connectivity index (χ2n) is 6.51. The van der Waals surface area contributed by atoms with Crippen molar-refractivity contribution in [1.29, 1.82) is 0 Å². The Labute approximate surface area is 142 Å². The van der Waals surface area contributed by atoms with Crippen molar-refractivity contribution in [3.8, 4) is 17.1 Å². The molecule has 0 aliphatic heterocycles. The molecule has 0 fully saturated rings. The van der Waals surface area contributed by atoms with Gasteiger partial charge in [0.1, 0.15) is 16.9 Å². The quantitative estimate of drug-likeness (QED) is 0.574. The van der Waals surface area contributed by atoms with Crippen LogP contribution in [0.15, 0.2) is 30.6 Å². The van der Waals surface area contributed by atoms with E-state index in [4.69, 9.17) is 0 Å². The molecule has 4 aromatic rings. The summed E-state index contributed by atoms with van der Waals surface area (Å²) in [5.74, 6) is 1.56. The number of aromatic nitrogens is 4. The van der Waals surface area contributed by atoms with Crippen molar-refractivity contribution in [1.82, 2.24) is 19.6 Å². The van der Waals surface area contributed by atoms with Crippen LogP contribution in [-0.2, 0) is 12.8 Å². The Morgan fingerprint density at radius 2 is 2.12 bits per heavy atom. The zero-order chi connectivity index (χ0) is 16.3. The third-order valence-corrected chi connectivity index (χ3v) is 6.01. The minimum Gasteiger partial charge on any atom is -0.507 e. The van der Waals surface area contributed by atoms with Crippen molar-refractivity contribution in [2.24, 2.45) is 5.92 Å². The lowest BCUT2D eigenvalue weighted by molar-refractivity contribution is 0.477. The predicted molar refractivity (Wildman–Crippen MR) is 94.5 cm³/mol. The number of benzene rings is 1. The van der Waals surface area contributed by atoms with Gasteiger partial charge in [0.15, 0.2) is 11.5 Å². The van der Waals surface area contributed by atoms with Gasteiger partial charge in [-0.15, -0.1) is 21.5 Å². The number of phenols is 1. The van der Waals surface area contributed by atoms with E-state index in [9.17, 15) is 5.11 Å². The number of thiophene rings is 1. The van der Waals surface area contributed by atoms with Crippen LogP contribution in [0.5, 0.6) is 5.75 Å². The number of hydrogen-bond donors (Lipinski definition) is 1. The molecule has 1 aromatic carbocycles. The first kappa shape index (κ1) is 13.9. The molecule has 120 valence electrons. The van der Waals surface area contributed by atoms with Crippen LogP contribution in [0, 0.1) is 5.92 Å². The molecule has 0 radical (unpaired) electrons. The molecule has 5 rings (SSSR count). The number of aryl methyl sites for hydroxylation is 1. The first-order valence-corrected chi connectivity index (χ1v) is 8.96. The third-order valence-electron chi connectivity index (χ3n) is 4.85. The van der Waals surface area contributed by atoms with E-state index in [0.29, 0.717) is 11.4 Å². The van der Waals surface area contributed by atoms with Gasteiger partial charge in [-0.2, -0.15) is 0 Å². The maximum atomic E-state index is 10.1. The standard InChI is InChI=1S/C18H16N4OS/c1-10-6-7-12-14(8-10)24-18-15(12)17-21-20-16(22(17)9-19-18)11-4-2-3-5-13(11)23/h2-5,9-10,23H,6-8H2,1H3. The monoisotopic (exact) mass is 336 g/mol. The number of nitrogens with zero attached hydrogens (tertiary/aromatic N) is 4. The van der Waals surface area contributed by atoms with Crippen LogP contribution in [0.4, 0.5) is 0 Å². The molecule has 6 heteroatoms. The summed E-state index contributed by atoms with van der Waals surface area (Å²) in [6.07, 6.45) is 5.19. The van der Waals surface area contributed by atoms with E-state index in [1.807, 2.05) is 16.5 Å². The predicted octanol–water partition coefficient (Wildman–Crippen LogP) is 3.84. The summed E-state index contributed by atoms with van der Waals surface area (Å²) in [6.45, 7) is 2.31. The van der Waals surface area contributed by atoms with Gasteiger partial charge in [0, 0.05) is 4.88 Å². The third kappa shape index (κ3) is 1.89. The Bertz CT molecular complexity index is 1080. The summed E-state index contributed by atoms with van der Waals surface area (Å²) in [5, 5.41) is 20.0. The van der Waals surface area contributed by atoms with Crippen LogP contribution >= 0.6 is 11.3 Å². The molecule has 1 aliphatic carbocycles. The number of aromatic hydroxyl groups is 1. The van der Waals surface area contributed by atoms with Gasteiger partial charge in [0.25, 0.3) is 0 Å². The molecule has 0 bridgehead atoms. The largest absolute Gasteiger partial charge is 0.507 e. The molecule has 3 heterocycles. The Morgan fingerprint density at radius 1 is 1.25 bits per heavy atom. The van der Waals surface area contributed by atoms with E-state index in [1.54, 1.807) is 29.8 Å². The molecule has 0 amide bonds. The summed E-state index contributed by atoms with van der Waals surface area (Å²) < 4.78 is 1.89. The highest BCUT2D eigenvalue weighted by Crippen LogP contribution is 2.39. The fourth-order valence-electron chi connectivity index (χ4n) is 3.59. The number of fused-ring (bicyclic) bond motifs is 5. The zero-order valence-electron chi connectivity index (χ0n) is 13.2. The Morgan fingerprint density at radius 3 is 3.00 bits per heavy atom. The van der Waals surface area contributed by atoms with Crippen LogP contribution in [0.1, 0.15) is 23.8 Å². The van der Waals surface area contributed by atoms with Crippen LogP contribution in [0.3, 0.4) is 0 Å². The summed E-state index contributed by atoms with van der Waals surface area (Å²) in [5.41, 5.74) is 2.90. The maximum Gasteiger partial charge on any atom is 0.173 e. The normalized spacial score (nSPS) is 17.5. The summed E-state index contributed by atoms with van der Waals surface area (Å²) in [4.78, 5) is 7.13. The summed E-state index contributed by atoms with van der Waals surface area (Å²) in [7, 11) is 0. The van der Waals surface area contributed by atoms with Crippen LogP contribution < -0.4 is 0 Å². The Balaban J connectivity index is 1.80. The van der Waals surface area contributed by atoms with E-state index in [1.165, 1.54) is 16.9 Å². The van der Waals surface area contributed by atoms with E-state index >= 15 is 0 Å². The zero-order valence-corrected chi connectivity index (χ0v) is 14.0. The van der Waals surface area contributed by atoms with Crippen molar-refractivity contribution in [3.63, 3.8) is 0 Å². The van der Waals surface area contributed by atoms with E-state index in [-0.39, 0.29) is 5.75 Å². The fourth-order valence-corrected chi connectivity index (χ4v) is 4.93. The van der Waals surface area contributed by atoms with Crippen LogP contribution in [0.25, 0.3) is 27.3 Å². The Kier molecular flexibility index (Phi) is 2.91. The van der Waals surface area contributed by atoms with Crippen molar-refractivity contribution < 1.29 is 5.11 Å². The molecule has 5 nitrogen and oxygen atoms in total. The molecule has 1 N–H and O–H groups in total. The van der Waals surface area contributed by atoms with Gasteiger partial charge >= 0.3 is 0 Å². The lowest BCUT2D eigenvalue weighted by Crippen LogP contribution is -2.08. The van der Waals surface area contributed by atoms with Crippen molar-refractivity contribution in [2.75, 3.05) is 0 Å². The second kappa shape index (κ2) is 5.01. The number of rotatable bonds is 1. The van der Waals surface area contributed by atoms with Gasteiger partial charge in [-0.1, -0.05) is 19.1 Å². The number of phenolic OH excluding ortho intramolecular Hbond substituents is 1. The lowest BCUT2D eigenvalue weighted by atomic mass is 9.89. The highest BCUT2D eigenvalue weighted by molar-refractivity contribution is 7.19. The van der Waals surface area contributed by atoms with Crippen LogP contribution in [0.2, 0.25) is 0 Å². The number of hydrogen-bond acceptors (Lipinski definition) is 5. The van der Waals surface area contributed by atoms with Gasteiger partial charge < -0.3 is 5.11 Å². The summed E-state index contributed by atoms with van der Waals surface area (Å²) in [6, 6.07) is 7.20. The molecule has 1 aliphatic rings. The first-order chi connectivity index (χ1) is 11.7. The molecule has 0 saturated heterocycles. The Hall–Kier alpha value is -2.47. The lowest BCUT2D eigenvalue weighted by Gasteiger charge is -2.17. The van der Waals surface area contributed by atoms with Crippen molar-refractivity contribution in [2.45, 2.75) is 26.2 Å². The SMILES string of the molecule is CC1CCc2c(sc3ncn4c(-c5ccccc5O)nnc4c23)C1. The molecule has 24 heavy (non-hydrogen) atoms. The molecular weight excluding hydrogens is 320 g/mol. The molecule has 1 atom stereocenters. The van der Waals surface area contributed by atoms with E-state index in [2.05, 4.69) is 22.1 Å². The molecule has 1 unspecified atom stereocenters. The van der Waals surface area contributed by atoms with E-state index < -0.39 is 0 Å². The van der Waals surface area contributed by atoms with Gasteiger partial charge in [-0.3, -0.25) is 4.40 Å².